The van der Waals surface area contributed by atoms with Crippen LogP contribution in [0.3, 0.4) is 0 Å². The zero-order valence-electron chi connectivity index (χ0n) is 12.1. The molecule has 0 aromatic heterocycles. The van der Waals surface area contributed by atoms with Crippen LogP contribution >= 0.6 is 11.8 Å². The number of carbonyl (C=O) groups is 3. The number of thioether (sulfide) groups is 1. The summed E-state index contributed by atoms with van der Waals surface area (Å²) in [5.41, 5.74) is 0. The second-order valence-electron chi connectivity index (χ2n) is 5.78. The molecular weight excluding hydrogens is 274 g/mol. The average Bonchev–Trinajstić information content (AvgIpc) is 2.60. The minimum atomic E-state index is -0.211. The number of hydrogen-bond acceptors (Lipinski definition) is 4. The zero-order chi connectivity index (χ0) is 14.5. The van der Waals surface area contributed by atoms with Crippen molar-refractivity contribution in [3.63, 3.8) is 0 Å². The fourth-order valence-corrected chi connectivity index (χ4v) is 4.43. The van der Waals surface area contributed by atoms with Crippen LogP contribution in [0.15, 0.2) is 0 Å². The van der Waals surface area contributed by atoms with Crippen LogP contribution in [-0.4, -0.2) is 39.5 Å². The predicted molar refractivity (Wildman–Crippen MR) is 79.5 cm³/mol. The van der Waals surface area contributed by atoms with Crippen molar-refractivity contribution in [1.82, 2.24) is 4.90 Å². The Morgan fingerprint density at radius 3 is 2.45 bits per heavy atom. The van der Waals surface area contributed by atoms with Crippen LogP contribution in [0.25, 0.3) is 0 Å². The molecule has 1 saturated carbocycles. The molecule has 2 amide bonds. The summed E-state index contributed by atoms with van der Waals surface area (Å²) >= 11 is 1.69. The molecule has 0 aromatic carbocycles. The van der Waals surface area contributed by atoms with Crippen LogP contribution in [0.1, 0.15) is 58.3 Å². The Kier molecular flexibility index (Phi) is 5.64. The van der Waals surface area contributed by atoms with E-state index in [1.807, 2.05) is 0 Å². The lowest BCUT2D eigenvalue weighted by Crippen LogP contribution is -2.33. The minimum Gasteiger partial charge on any atom is -0.300 e. The van der Waals surface area contributed by atoms with Gasteiger partial charge in [0, 0.05) is 24.6 Å². The number of rotatable bonds is 5. The number of ketones is 1. The second kappa shape index (κ2) is 7.25. The van der Waals surface area contributed by atoms with Crippen molar-refractivity contribution in [2.75, 3.05) is 6.54 Å². The van der Waals surface area contributed by atoms with E-state index in [0.717, 1.165) is 12.8 Å². The summed E-state index contributed by atoms with van der Waals surface area (Å²) in [5, 5.41) is 0.310. The number of likely N-dealkylation sites (tertiary alicyclic amines) is 1. The van der Waals surface area contributed by atoms with Crippen LogP contribution in [0.5, 0.6) is 0 Å². The molecule has 0 radical (unpaired) electrons. The Balaban J connectivity index is 1.88. The third-order valence-electron chi connectivity index (χ3n) is 4.05. The summed E-state index contributed by atoms with van der Waals surface area (Å²) in [6, 6.07) is 0. The van der Waals surface area contributed by atoms with Crippen molar-refractivity contribution in [3.05, 3.63) is 0 Å². The van der Waals surface area contributed by atoms with Crippen molar-refractivity contribution in [2.45, 2.75) is 68.8 Å². The number of amides is 2. The summed E-state index contributed by atoms with van der Waals surface area (Å²) in [4.78, 5) is 36.4. The lowest BCUT2D eigenvalue weighted by atomic mass is 10.2. The molecule has 1 aliphatic heterocycles. The minimum absolute atomic E-state index is 0.0190. The molecule has 112 valence electrons. The molecule has 4 nitrogen and oxygen atoms in total. The molecule has 0 spiro atoms. The number of imide groups is 1. The maximum Gasteiger partial charge on any atom is 0.242 e. The van der Waals surface area contributed by atoms with Crippen molar-refractivity contribution in [1.29, 1.82) is 0 Å². The molecule has 2 fully saturated rings. The Morgan fingerprint density at radius 2 is 1.85 bits per heavy atom. The quantitative estimate of drug-likeness (QED) is 0.578. The molecule has 0 bridgehead atoms. The van der Waals surface area contributed by atoms with E-state index in [1.165, 1.54) is 37.5 Å². The van der Waals surface area contributed by atoms with E-state index in [1.54, 1.807) is 11.8 Å². The highest BCUT2D eigenvalue weighted by Gasteiger charge is 2.39. The summed E-state index contributed by atoms with van der Waals surface area (Å²) in [7, 11) is 0. The molecule has 0 aromatic rings. The highest BCUT2D eigenvalue weighted by atomic mass is 32.2. The van der Waals surface area contributed by atoms with E-state index >= 15 is 0 Å². The fraction of sp³-hybridized carbons (Fsp3) is 0.800. The molecule has 20 heavy (non-hydrogen) atoms. The first-order valence-electron chi connectivity index (χ1n) is 7.57. The Hall–Kier alpha value is -0.840. The van der Waals surface area contributed by atoms with E-state index in [9.17, 15) is 14.4 Å². The van der Waals surface area contributed by atoms with Gasteiger partial charge in [-0.05, 0) is 19.8 Å². The van der Waals surface area contributed by atoms with E-state index in [-0.39, 0.29) is 35.8 Å². The van der Waals surface area contributed by atoms with Crippen LogP contribution in [0.2, 0.25) is 0 Å². The number of Topliss-reactive ketones (excluding diaryl/α,β-unsaturated/α-hetero) is 1. The third-order valence-corrected chi connectivity index (χ3v) is 5.60. The van der Waals surface area contributed by atoms with Crippen molar-refractivity contribution >= 4 is 29.4 Å². The molecule has 1 aliphatic carbocycles. The second-order valence-corrected chi connectivity index (χ2v) is 7.29. The van der Waals surface area contributed by atoms with Gasteiger partial charge < -0.3 is 0 Å². The maximum atomic E-state index is 12.3. The van der Waals surface area contributed by atoms with Gasteiger partial charge in [-0.3, -0.25) is 19.3 Å². The first kappa shape index (κ1) is 15.5. The number of carbonyl (C=O) groups excluding carboxylic acids is 3. The molecule has 0 N–H and O–H groups in total. The average molecular weight is 297 g/mol. The van der Waals surface area contributed by atoms with Crippen molar-refractivity contribution in [3.8, 4) is 0 Å². The first-order chi connectivity index (χ1) is 9.58. The van der Waals surface area contributed by atoms with Gasteiger partial charge in [-0.25, -0.2) is 0 Å². The van der Waals surface area contributed by atoms with Crippen molar-refractivity contribution < 1.29 is 14.4 Å². The molecule has 1 atom stereocenters. The van der Waals surface area contributed by atoms with E-state index in [4.69, 9.17) is 0 Å². The molecule has 1 saturated heterocycles. The van der Waals surface area contributed by atoms with Crippen LogP contribution in [0.4, 0.5) is 0 Å². The highest BCUT2D eigenvalue weighted by molar-refractivity contribution is 8.01. The predicted octanol–water partition coefficient (Wildman–Crippen LogP) is 2.55. The Labute approximate surface area is 124 Å². The summed E-state index contributed by atoms with van der Waals surface area (Å²) in [6.45, 7) is 1.75. The molecule has 1 heterocycles. The summed E-state index contributed by atoms with van der Waals surface area (Å²) < 4.78 is 0. The highest BCUT2D eigenvalue weighted by Crippen LogP contribution is 2.34. The van der Waals surface area contributed by atoms with E-state index in [0.29, 0.717) is 11.7 Å². The topological polar surface area (TPSA) is 54.5 Å². The van der Waals surface area contributed by atoms with Gasteiger partial charge in [-0.2, -0.15) is 0 Å². The summed E-state index contributed by atoms with van der Waals surface area (Å²) in [6.07, 6.45) is 7.97. The van der Waals surface area contributed by atoms with Crippen LogP contribution in [-0.2, 0) is 14.4 Å². The normalized spacial score (nSPS) is 25.1. The van der Waals surface area contributed by atoms with Gasteiger partial charge in [0.05, 0.1) is 5.25 Å². The van der Waals surface area contributed by atoms with Crippen LogP contribution in [0, 0.1) is 0 Å². The third kappa shape index (κ3) is 4.08. The van der Waals surface area contributed by atoms with Gasteiger partial charge in [0.25, 0.3) is 0 Å². The monoisotopic (exact) mass is 297 g/mol. The van der Waals surface area contributed by atoms with Gasteiger partial charge in [0.15, 0.2) is 0 Å². The molecular formula is C15H23NO3S. The van der Waals surface area contributed by atoms with Gasteiger partial charge in [0.2, 0.25) is 11.8 Å². The smallest absolute Gasteiger partial charge is 0.242 e. The first-order valence-corrected chi connectivity index (χ1v) is 8.51. The van der Waals surface area contributed by atoms with Gasteiger partial charge in [-0.1, -0.05) is 25.7 Å². The van der Waals surface area contributed by atoms with Gasteiger partial charge >= 0.3 is 0 Å². The molecule has 2 aliphatic rings. The van der Waals surface area contributed by atoms with Crippen LogP contribution < -0.4 is 0 Å². The standard InChI is InChI=1S/C15H23NO3S/c1-11(17)8-9-16-14(18)10-13(15(16)19)20-12-6-4-2-3-5-7-12/h12-13H,2-10H2,1H3. The van der Waals surface area contributed by atoms with E-state index < -0.39 is 0 Å². The fourth-order valence-electron chi connectivity index (χ4n) is 2.87. The maximum absolute atomic E-state index is 12.3. The lowest BCUT2D eigenvalue weighted by Gasteiger charge is -2.18. The summed E-state index contributed by atoms with van der Waals surface area (Å²) in [5.74, 6) is -0.168. The lowest BCUT2D eigenvalue weighted by molar-refractivity contribution is -0.138. The molecule has 2 rings (SSSR count). The van der Waals surface area contributed by atoms with Crippen molar-refractivity contribution in [2.24, 2.45) is 0 Å². The zero-order valence-corrected chi connectivity index (χ0v) is 12.9. The Morgan fingerprint density at radius 1 is 1.20 bits per heavy atom. The van der Waals surface area contributed by atoms with Gasteiger partial charge in [0.1, 0.15) is 5.78 Å². The Bertz CT molecular complexity index is 389. The number of hydrogen-bond donors (Lipinski definition) is 0. The van der Waals surface area contributed by atoms with E-state index in [2.05, 4.69) is 0 Å². The van der Waals surface area contributed by atoms with Gasteiger partial charge in [-0.15, -0.1) is 11.8 Å². The molecule has 1 unspecified atom stereocenters. The number of nitrogens with zero attached hydrogens (tertiary/aromatic N) is 1. The molecule has 5 heteroatoms. The SMILES string of the molecule is CC(=O)CCN1C(=O)CC(SC2CCCCCC2)C1=O. The largest absolute Gasteiger partial charge is 0.300 e.